The number of nitrogens with zero attached hydrogens (tertiary/aromatic N) is 2. The Balaban J connectivity index is 1.40. The zero-order chi connectivity index (χ0) is 25.7. The van der Waals surface area contributed by atoms with Crippen molar-refractivity contribution in [3.05, 3.63) is 115 Å². The van der Waals surface area contributed by atoms with Crippen molar-refractivity contribution < 1.29 is 4.42 Å². The Bertz CT molecular complexity index is 2610. The molecule has 3 aromatic heterocycles. The van der Waals surface area contributed by atoms with Gasteiger partial charge < -0.3 is 13.6 Å². The SMILES string of the molecule is c1ccc2c(c1)B1c3cccc4c5cc6c(cc5n(c34)-c3ccc4c5ccccc5n-2c4c31)oc1ccccc16. The third-order valence-electron chi connectivity index (χ3n) is 9.50. The molecular weight excluding hydrogens is 487 g/mol. The van der Waals surface area contributed by atoms with Crippen molar-refractivity contribution in [3.8, 4) is 11.4 Å². The van der Waals surface area contributed by atoms with E-state index in [1.165, 1.54) is 82.1 Å². The van der Waals surface area contributed by atoms with Gasteiger partial charge in [0.05, 0.1) is 16.6 Å². The summed E-state index contributed by atoms with van der Waals surface area (Å²) in [6.45, 7) is 0.177. The van der Waals surface area contributed by atoms with Crippen LogP contribution in [0.15, 0.2) is 120 Å². The van der Waals surface area contributed by atoms with Crippen LogP contribution in [0.4, 0.5) is 0 Å². The highest BCUT2D eigenvalue weighted by molar-refractivity contribution is 7.00. The van der Waals surface area contributed by atoms with Gasteiger partial charge in [-0.25, -0.2) is 0 Å². The molecule has 3 nitrogen and oxygen atoms in total. The summed E-state index contributed by atoms with van der Waals surface area (Å²) in [5.41, 5.74) is 13.7. The van der Waals surface area contributed by atoms with Gasteiger partial charge in [-0.1, -0.05) is 78.9 Å². The standard InChI is InChI=1S/C36H19BN2O/c1-4-13-28-20(8-1)23-16-17-30-34-36(23)38(28)29-14-5-3-11-26(29)37(34)27-12-7-10-22-24-18-25-21-9-2-6-15-32(21)40-33(25)19-31(24)39(30)35(22)27/h1-19H. The molecule has 40 heavy (non-hydrogen) atoms. The van der Waals surface area contributed by atoms with Crippen molar-refractivity contribution in [3.63, 3.8) is 0 Å². The summed E-state index contributed by atoms with van der Waals surface area (Å²) in [5.74, 6) is 0. The van der Waals surface area contributed by atoms with E-state index >= 15 is 0 Å². The quantitative estimate of drug-likeness (QED) is 0.205. The minimum absolute atomic E-state index is 0.177. The van der Waals surface area contributed by atoms with Gasteiger partial charge in [0.2, 0.25) is 0 Å². The highest BCUT2D eigenvalue weighted by Crippen LogP contribution is 2.41. The second kappa shape index (κ2) is 6.49. The fraction of sp³-hybridized carbons (Fsp3) is 0. The third kappa shape index (κ3) is 2.06. The second-order valence-electron chi connectivity index (χ2n) is 11.3. The summed E-state index contributed by atoms with van der Waals surface area (Å²) in [6.07, 6.45) is 0. The van der Waals surface area contributed by atoms with Crippen molar-refractivity contribution in [2.75, 3.05) is 0 Å². The Hall–Kier alpha value is -5.22. The second-order valence-corrected chi connectivity index (χ2v) is 11.3. The predicted octanol–water partition coefficient (Wildman–Crippen LogP) is 6.92. The van der Waals surface area contributed by atoms with Crippen molar-refractivity contribution >= 4 is 88.7 Å². The third-order valence-corrected chi connectivity index (χ3v) is 9.50. The van der Waals surface area contributed by atoms with E-state index in [-0.39, 0.29) is 6.71 Å². The number of furan rings is 1. The van der Waals surface area contributed by atoms with Gasteiger partial charge in [-0.15, -0.1) is 0 Å². The van der Waals surface area contributed by atoms with Crippen LogP contribution in [0.25, 0.3) is 76.9 Å². The van der Waals surface area contributed by atoms with E-state index in [1.54, 1.807) is 0 Å². The van der Waals surface area contributed by atoms with Gasteiger partial charge in [0.25, 0.3) is 6.71 Å². The first kappa shape index (κ1) is 19.8. The average Bonchev–Trinajstić information content (AvgIpc) is 3.65. The van der Waals surface area contributed by atoms with Crippen LogP contribution in [0, 0.1) is 0 Å². The van der Waals surface area contributed by atoms with Gasteiger partial charge in [0.15, 0.2) is 0 Å². The lowest BCUT2D eigenvalue weighted by Crippen LogP contribution is -2.59. The van der Waals surface area contributed by atoms with E-state index in [0.717, 1.165) is 11.2 Å². The van der Waals surface area contributed by atoms with Gasteiger partial charge in [-0.3, -0.25) is 0 Å². The predicted molar refractivity (Wildman–Crippen MR) is 167 cm³/mol. The minimum Gasteiger partial charge on any atom is -0.456 e. The summed E-state index contributed by atoms with van der Waals surface area (Å²) in [6, 6.07) is 42.4. The van der Waals surface area contributed by atoms with Gasteiger partial charge in [0, 0.05) is 55.3 Å². The molecule has 5 heterocycles. The molecule has 2 aliphatic heterocycles. The summed E-state index contributed by atoms with van der Waals surface area (Å²) in [5, 5.41) is 7.54. The Morgan fingerprint density at radius 2 is 1.20 bits per heavy atom. The molecule has 0 unspecified atom stereocenters. The number of benzene rings is 6. The van der Waals surface area contributed by atoms with Crippen LogP contribution < -0.4 is 16.4 Å². The smallest absolute Gasteiger partial charge is 0.252 e. The molecule has 0 spiro atoms. The van der Waals surface area contributed by atoms with Crippen LogP contribution in [0.1, 0.15) is 0 Å². The van der Waals surface area contributed by atoms with Crippen LogP contribution in [-0.4, -0.2) is 15.8 Å². The first-order valence-corrected chi connectivity index (χ1v) is 13.9. The Labute approximate surface area is 228 Å². The molecular formula is C36H19BN2O. The summed E-state index contributed by atoms with van der Waals surface area (Å²) >= 11 is 0. The van der Waals surface area contributed by atoms with Gasteiger partial charge in [-0.05, 0) is 46.7 Å². The van der Waals surface area contributed by atoms with E-state index in [0.29, 0.717) is 0 Å². The number of hydrogen-bond acceptors (Lipinski definition) is 1. The molecule has 9 aromatic rings. The molecule has 0 N–H and O–H groups in total. The average molecular weight is 506 g/mol. The number of aromatic nitrogens is 2. The van der Waals surface area contributed by atoms with E-state index in [2.05, 4.69) is 118 Å². The maximum Gasteiger partial charge on any atom is 0.252 e. The molecule has 0 fully saturated rings. The maximum atomic E-state index is 6.38. The summed E-state index contributed by atoms with van der Waals surface area (Å²) in [7, 11) is 0. The normalized spacial score (nSPS) is 13.4. The Morgan fingerprint density at radius 3 is 2.17 bits per heavy atom. The lowest BCUT2D eigenvalue weighted by atomic mass is 9.34. The molecule has 0 radical (unpaired) electrons. The largest absolute Gasteiger partial charge is 0.456 e. The molecule has 6 aromatic carbocycles. The fourth-order valence-electron chi connectivity index (χ4n) is 8.01. The first-order valence-electron chi connectivity index (χ1n) is 13.9. The molecule has 0 saturated heterocycles. The Morgan fingerprint density at radius 1 is 0.450 bits per heavy atom. The highest BCUT2D eigenvalue weighted by atomic mass is 16.3. The van der Waals surface area contributed by atoms with E-state index in [1.807, 2.05) is 6.07 Å². The number of fused-ring (bicyclic) bond motifs is 14. The van der Waals surface area contributed by atoms with E-state index in [9.17, 15) is 0 Å². The van der Waals surface area contributed by atoms with Crippen LogP contribution in [0.2, 0.25) is 0 Å². The van der Waals surface area contributed by atoms with Gasteiger partial charge in [0.1, 0.15) is 11.2 Å². The van der Waals surface area contributed by atoms with E-state index < -0.39 is 0 Å². The van der Waals surface area contributed by atoms with Crippen LogP contribution in [0.3, 0.4) is 0 Å². The molecule has 0 aliphatic carbocycles. The first-order chi connectivity index (χ1) is 19.9. The van der Waals surface area contributed by atoms with Gasteiger partial charge in [-0.2, -0.15) is 0 Å². The van der Waals surface area contributed by atoms with Crippen LogP contribution in [0.5, 0.6) is 0 Å². The van der Waals surface area contributed by atoms with Crippen molar-refractivity contribution in [2.24, 2.45) is 0 Å². The number of para-hydroxylation sites is 4. The molecule has 0 bridgehead atoms. The topological polar surface area (TPSA) is 23.0 Å². The Kier molecular flexibility index (Phi) is 3.21. The number of hydrogen-bond donors (Lipinski definition) is 0. The monoisotopic (exact) mass is 506 g/mol. The van der Waals surface area contributed by atoms with Crippen molar-refractivity contribution in [1.29, 1.82) is 0 Å². The lowest BCUT2D eigenvalue weighted by Gasteiger charge is -2.33. The van der Waals surface area contributed by atoms with E-state index in [4.69, 9.17) is 4.42 Å². The zero-order valence-electron chi connectivity index (χ0n) is 21.3. The molecule has 0 amide bonds. The number of rotatable bonds is 0. The fourth-order valence-corrected chi connectivity index (χ4v) is 8.01. The summed E-state index contributed by atoms with van der Waals surface area (Å²) in [4.78, 5) is 0. The molecule has 0 atom stereocenters. The van der Waals surface area contributed by atoms with Crippen LogP contribution in [-0.2, 0) is 0 Å². The maximum absolute atomic E-state index is 6.38. The lowest BCUT2D eigenvalue weighted by molar-refractivity contribution is 0.669. The molecule has 11 rings (SSSR count). The molecule has 2 aliphatic rings. The molecule has 0 saturated carbocycles. The van der Waals surface area contributed by atoms with Crippen LogP contribution >= 0.6 is 0 Å². The van der Waals surface area contributed by atoms with Crippen molar-refractivity contribution in [2.45, 2.75) is 0 Å². The summed E-state index contributed by atoms with van der Waals surface area (Å²) < 4.78 is 11.4. The molecule has 182 valence electrons. The minimum atomic E-state index is 0.177. The van der Waals surface area contributed by atoms with Gasteiger partial charge >= 0.3 is 0 Å². The zero-order valence-corrected chi connectivity index (χ0v) is 21.3. The molecule has 4 heteroatoms. The highest BCUT2D eigenvalue weighted by Gasteiger charge is 2.40. The van der Waals surface area contributed by atoms with Crippen molar-refractivity contribution in [1.82, 2.24) is 9.13 Å².